The monoisotopic (exact) mass is 396 g/mol. The third kappa shape index (κ3) is 7.26. The number of ether oxygens (including phenoxy) is 1. The van der Waals surface area contributed by atoms with Crippen molar-refractivity contribution in [2.24, 2.45) is 0 Å². The fourth-order valence-corrected chi connectivity index (χ4v) is 2.25. The molecule has 0 bridgehead atoms. The molecule has 0 radical (unpaired) electrons. The van der Waals surface area contributed by atoms with Crippen molar-refractivity contribution in [1.29, 1.82) is 0 Å². The maximum atomic E-state index is 11.7. The van der Waals surface area contributed by atoms with E-state index in [-0.39, 0.29) is 25.6 Å². The van der Waals surface area contributed by atoms with Crippen LogP contribution in [-0.4, -0.2) is 36.7 Å². The molecule has 0 aliphatic carbocycles. The molecule has 3 N–H and O–H groups in total. The summed E-state index contributed by atoms with van der Waals surface area (Å²) >= 11 is 11.7. The van der Waals surface area contributed by atoms with Gasteiger partial charge in [-0.25, -0.2) is 9.78 Å². The van der Waals surface area contributed by atoms with Gasteiger partial charge in [0.25, 0.3) is 0 Å². The molecule has 2 rings (SSSR count). The average molecular weight is 397 g/mol. The van der Waals surface area contributed by atoms with Crippen molar-refractivity contribution in [3.05, 3.63) is 58.2 Å². The van der Waals surface area contributed by atoms with Gasteiger partial charge < -0.3 is 15.4 Å². The molecule has 0 fully saturated rings. The SMILES string of the molecule is O=C(CNCc1ccccc1Cl)NCCOC(=O)Nc1ccc(Cl)cn1. The number of anilines is 1. The lowest BCUT2D eigenvalue weighted by molar-refractivity contribution is -0.120. The largest absolute Gasteiger partial charge is 0.447 e. The highest BCUT2D eigenvalue weighted by atomic mass is 35.5. The minimum Gasteiger partial charge on any atom is -0.447 e. The molecule has 26 heavy (non-hydrogen) atoms. The van der Waals surface area contributed by atoms with Gasteiger partial charge in [0.05, 0.1) is 18.1 Å². The number of amides is 2. The van der Waals surface area contributed by atoms with Crippen molar-refractivity contribution >= 4 is 41.0 Å². The van der Waals surface area contributed by atoms with Crippen LogP contribution in [0.1, 0.15) is 5.56 Å². The molecule has 2 amide bonds. The molecule has 0 aliphatic heterocycles. The second-order valence-corrected chi connectivity index (χ2v) is 6.01. The molecule has 138 valence electrons. The van der Waals surface area contributed by atoms with Gasteiger partial charge in [-0.15, -0.1) is 0 Å². The van der Waals surface area contributed by atoms with Crippen molar-refractivity contribution in [3.63, 3.8) is 0 Å². The normalized spacial score (nSPS) is 10.2. The minimum atomic E-state index is -0.661. The molecule has 2 aromatic rings. The first-order valence-electron chi connectivity index (χ1n) is 7.81. The van der Waals surface area contributed by atoms with E-state index in [1.54, 1.807) is 18.2 Å². The van der Waals surface area contributed by atoms with Crippen molar-refractivity contribution in [2.75, 3.05) is 25.0 Å². The van der Waals surface area contributed by atoms with Crippen LogP contribution >= 0.6 is 23.2 Å². The summed E-state index contributed by atoms with van der Waals surface area (Å²) < 4.78 is 4.94. The van der Waals surface area contributed by atoms with Crippen LogP contribution in [0.25, 0.3) is 0 Å². The number of rotatable bonds is 8. The van der Waals surface area contributed by atoms with Crippen LogP contribution in [0.5, 0.6) is 0 Å². The number of benzene rings is 1. The number of carbonyl (C=O) groups is 2. The second-order valence-electron chi connectivity index (χ2n) is 5.17. The van der Waals surface area contributed by atoms with Gasteiger partial charge in [0, 0.05) is 17.8 Å². The lowest BCUT2D eigenvalue weighted by atomic mass is 10.2. The van der Waals surface area contributed by atoms with E-state index in [0.29, 0.717) is 22.4 Å². The summed E-state index contributed by atoms with van der Waals surface area (Å²) in [6, 6.07) is 10.6. The van der Waals surface area contributed by atoms with Gasteiger partial charge in [-0.2, -0.15) is 0 Å². The van der Waals surface area contributed by atoms with Crippen LogP contribution in [-0.2, 0) is 16.1 Å². The van der Waals surface area contributed by atoms with Gasteiger partial charge in [0.2, 0.25) is 5.91 Å². The Labute approximate surface area is 161 Å². The Hall–Kier alpha value is -2.35. The Morgan fingerprint density at radius 2 is 1.92 bits per heavy atom. The summed E-state index contributed by atoms with van der Waals surface area (Å²) in [4.78, 5) is 27.2. The Morgan fingerprint density at radius 3 is 2.65 bits per heavy atom. The number of pyridine rings is 1. The molecule has 0 spiro atoms. The summed E-state index contributed by atoms with van der Waals surface area (Å²) in [6.07, 6.45) is 0.749. The van der Waals surface area contributed by atoms with Crippen molar-refractivity contribution in [1.82, 2.24) is 15.6 Å². The number of hydrogen-bond acceptors (Lipinski definition) is 5. The van der Waals surface area contributed by atoms with Gasteiger partial charge in [-0.05, 0) is 23.8 Å². The van der Waals surface area contributed by atoms with Crippen molar-refractivity contribution in [3.8, 4) is 0 Å². The highest BCUT2D eigenvalue weighted by molar-refractivity contribution is 6.31. The molecular formula is C17H18Cl2N4O3. The maximum absolute atomic E-state index is 11.7. The zero-order chi connectivity index (χ0) is 18.8. The maximum Gasteiger partial charge on any atom is 0.412 e. The average Bonchev–Trinajstić information content (AvgIpc) is 2.62. The molecule has 0 aliphatic rings. The Kier molecular flexibility index (Phi) is 8.14. The van der Waals surface area contributed by atoms with Crippen LogP contribution in [0.3, 0.4) is 0 Å². The highest BCUT2D eigenvalue weighted by Crippen LogP contribution is 2.14. The number of halogens is 2. The Balaban J connectivity index is 1.56. The van der Waals surface area contributed by atoms with Gasteiger partial charge in [-0.1, -0.05) is 41.4 Å². The van der Waals surface area contributed by atoms with E-state index in [9.17, 15) is 9.59 Å². The molecule has 0 unspecified atom stereocenters. The Bertz CT molecular complexity index is 741. The lowest BCUT2D eigenvalue weighted by Gasteiger charge is -2.09. The van der Waals surface area contributed by atoms with E-state index >= 15 is 0 Å². The number of nitrogens with zero attached hydrogens (tertiary/aromatic N) is 1. The van der Waals surface area contributed by atoms with E-state index in [2.05, 4.69) is 20.9 Å². The van der Waals surface area contributed by atoms with Crippen LogP contribution in [0.15, 0.2) is 42.6 Å². The van der Waals surface area contributed by atoms with E-state index in [0.717, 1.165) is 5.56 Å². The van der Waals surface area contributed by atoms with Crippen LogP contribution < -0.4 is 16.0 Å². The minimum absolute atomic E-state index is 0.0374. The van der Waals surface area contributed by atoms with E-state index in [4.69, 9.17) is 27.9 Å². The summed E-state index contributed by atoms with van der Waals surface area (Å²) in [5.41, 5.74) is 0.915. The summed E-state index contributed by atoms with van der Waals surface area (Å²) in [5.74, 6) is 0.118. The van der Waals surface area contributed by atoms with E-state index in [1.165, 1.54) is 6.20 Å². The highest BCUT2D eigenvalue weighted by Gasteiger charge is 2.05. The topological polar surface area (TPSA) is 92.4 Å². The zero-order valence-electron chi connectivity index (χ0n) is 13.8. The first-order valence-corrected chi connectivity index (χ1v) is 8.56. The molecule has 1 aromatic heterocycles. The molecule has 0 atom stereocenters. The van der Waals surface area contributed by atoms with Crippen LogP contribution in [0, 0.1) is 0 Å². The van der Waals surface area contributed by atoms with Gasteiger partial charge >= 0.3 is 6.09 Å². The smallest absolute Gasteiger partial charge is 0.412 e. The molecule has 0 saturated carbocycles. The lowest BCUT2D eigenvalue weighted by Crippen LogP contribution is -2.36. The Morgan fingerprint density at radius 1 is 1.12 bits per heavy atom. The van der Waals surface area contributed by atoms with Crippen LogP contribution in [0.4, 0.5) is 10.6 Å². The summed E-state index contributed by atoms with van der Waals surface area (Å²) in [5, 5.41) is 9.19. The molecular weight excluding hydrogens is 379 g/mol. The molecule has 7 nitrogen and oxygen atoms in total. The number of nitrogens with one attached hydrogen (secondary N) is 3. The standard InChI is InChI=1S/C17H18Cl2N4O3/c18-13-5-6-15(22-10-13)23-17(25)26-8-7-21-16(24)11-20-9-12-3-1-2-4-14(12)19/h1-6,10,20H,7-9,11H2,(H,21,24)(H,22,23,25). The van der Waals surface area contributed by atoms with E-state index < -0.39 is 6.09 Å². The summed E-state index contributed by atoms with van der Waals surface area (Å²) in [6.45, 7) is 0.857. The second kappa shape index (κ2) is 10.6. The van der Waals surface area contributed by atoms with Crippen LogP contribution in [0.2, 0.25) is 10.0 Å². The first-order chi connectivity index (χ1) is 12.5. The predicted molar refractivity (Wildman–Crippen MR) is 100 cm³/mol. The molecule has 0 saturated heterocycles. The first kappa shape index (κ1) is 20.0. The molecule has 9 heteroatoms. The van der Waals surface area contributed by atoms with Gasteiger partial charge in [0.15, 0.2) is 0 Å². The predicted octanol–water partition coefficient (Wildman–Crippen LogP) is 2.84. The number of hydrogen-bond donors (Lipinski definition) is 3. The third-order valence-electron chi connectivity index (χ3n) is 3.17. The quantitative estimate of drug-likeness (QED) is 0.596. The van der Waals surface area contributed by atoms with Crippen molar-refractivity contribution in [2.45, 2.75) is 6.54 Å². The fourth-order valence-electron chi connectivity index (χ4n) is 1.94. The number of carbonyl (C=O) groups excluding carboxylic acids is 2. The number of aromatic nitrogens is 1. The molecule has 1 heterocycles. The molecule has 1 aromatic carbocycles. The fraction of sp³-hybridized carbons (Fsp3) is 0.235. The third-order valence-corrected chi connectivity index (χ3v) is 3.77. The zero-order valence-corrected chi connectivity index (χ0v) is 15.3. The van der Waals surface area contributed by atoms with E-state index in [1.807, 2.05) is 18.2 Å². The van der Waals surface area contributed by atoms with Gasteiger partial charge in [-0.3, -0.25) is 10.1 Å². The summed E-state index contributed by atoms with van der Waals surface area (Å²) in [7, 11) is 0. The van der Waals surface area contributed by atoms with Crippen molar-refractivity contribution < 1.29 is 14.3 Å². The van der Waals surface area contributed by atoms with Gasteiger partial charge in [0.1, 0.15) is 12.4 Å².